The van der Waals surface area contributed by atoms with Crippen molar-refractivity contribution in [1.82, 2.24) is 24.2 Å². The molecule has 2 heterocycles. The second kappa shape index (κ2) is 7.37. The van der Waals surface area contributed by atoms with Gasteiger partial charge in [0.2, 0.25) is 10.0 Å². The molecule has 0 saturated carbocycles. The molecule has 0 amide bonds. The molecule has 0 aliphatic heterocycles. The summed E-state index contributed by atoms with van der Waals surface area (Å²) in [4.78, 5) is 22.4. The molecule has 11 heteroatoms. The summed E-state index contributed by atoms with van der Waals surface area (Å²) in [5.41, 5.74) is -0.171. The molecule has 1 aromatic carbocycles. The lowest BCUT2D eigenvalue weighted by molar-refractivity contribution is -0.384. The van der Waals surface area contributed by atoms with Gasteiger partial charge in [0.1, 0.15) is 0 Å². The number of hydrogen-bond donors (Lipinski definition) is 1. The first-order valence-corrected chi connectivity index (χ1v) is 8.98. The van der Waals surface area contributed by atoms with Crippen molar-refractivity contribution in [2.24, 2.45) is 0 Å². The van der Waals surface area contributed by atoms with Crippen LogP contribution in [0.4, 0.5) is 5.69 Å². The zero-order valence-corrected chi connectivity index (χ0v) is 14.2. The van der Waals surface area contributed by atoms with E-state index in [4.69, 9.17) is 0 Å². The van der Waals surface area contributed by atoms with Gasteiger partial charge in [-0.3, -0.25) is 10.1 Å². The lowest BCUT2D eigenvalue weighted by Crippen LogP contribution is -2.27. The van der Waals surface area contributed by atoms with Crippen molar-refractivity contribution in [1.29, 1.82) is 0 Å². The number of nitrogens with zero attached hydrogens (tertiary/aromatic N) is 5. The summed E-state index contributed by atoms with van der Waals surface area (Å²) in [6, 6.07) is 6.38. The number of hydrogen-bond acceptors (Lipinski definition) is 7. The maximum absolute atomic E-state index is 12.3. The number of rotatable bonds is 7. The van der Waals surface area contributed by atoms with Gasteiger partial charge in [0.05, 0.1) is 9.82 Å². The maximum Gasteiger partial charge on any atom is 0.269 e. The minimum atomic E-state index is -3.77. The molecule has 2 aromatic heterocycles. The molecule has 0 aliphatic rings. The smallest absolute Gasteiger partial charge is 0.269 e. The first-order valence-electron chi connectivity index (χ1n) is 7.50. The lowest BCUT2D eigenvalue weighted by atomic mass is 10.3. The largest absolute Gasteiger partial charge is 0.327 e. The van der Waals surface area contributed by atoms with Crippen LogP contribution in [0.1, 0.15) is 0 Å². The molecule has 3 rings (SSSR count). The zero-order chi connectivity index (χ0) is 18.6. The van der Waals surface area contributed by atoms with E-state index in [0.29, 0.717) is 18.2 Å². The third-order valence-corrected chi connectivity index (χ3v) is 4.96. The van der Waals surface area contributed by atoms with Crippen LogP contribution in [0.25, 0.3) is 11.6 Å². The second-order valence-corrected chi connectivity index (χ2v) is 6.93. The van der Waals surface area contributed by atoms with Crippen molar-refractivity contribution in [3.63, 3.8) is 0 Å². The van der Waals surface area contributed by atoms with Gasteiger partial charge < -0.3 is 4.57 Å². The highest BCUT2D eigenvalue weighted by atomic mass is 32.2. The maximum atomic E-state index is 12.3. The minimum Gasteiger partial charge on any atom is -0.327 e. The first kappa shape index (κ1) is 17.6. The number of nitrogens with one attached hydrogen (secondary N) is 1. The molecule has 26 heavy (non-hydrogen) atoms. The van der Waals surface area contributed by atoms with Crippen molar-refractivity contribution in [3.05, 3.63) is 65.2 Å². The van der Waals surface area contributed by atoms with Gasteiger partial charge in [-0.25, -0.2) is 28.1 Å². The predicted molar refractivity (Wildman–Crippen MR) is 91.5 cm³/mol. The van der Waals surface area contributed by atoms with E-state index < -0.39 is 14.9 Å². The van der Waals surface area contributed by atoms with Gasteiger partial charge in [-0.1, -0.05) is 0 Å². The molecule has 0 aliphatic carbocycles. The SMILES string of the molecule is O=[N+]([O-])c1ccc(S(=O)(=O)NCCn2ccnc2-c2ncccn2)cc1. The van der Waals surface area contributed by atoms with E-state index in [1.165, 1.54) is 12.1 Å². The van der Waals surface area contributed by atoms with Gasteiger partial charge in [-0.05, 0) is 18.2 Å². The number of nitro benzene ring substituents is 1. The highest BCUT2D eigenvalue weighted by Crippen LogP contribution is 2.16. The third-order valence-electron chi connectivity index (χ3n) is 3.48. The number of benzene rings is 1. The zero-order valence-electron chi connectivity index (χ0n) is 13.4. The highest BCUT2D eigenvalue weighted by molar-refractivity contribution is 7.89. The Kier molecular flexibility index (Phi) is 5.00. The van der Waals surface area contributed by atoms with E-state index in [1.54, 1.807) is 35.4 Å². The minimum absolute atomic E-state index is 0.0413. The van der Waals surface area contributed by atoms with Gasteiger partial charge in [0.25, 0.3) is 5.69 Å². The fourth-order valence-corrected chi connectivity index (χ4v) is 3.26. The van der Waals surface area contributed by atoms with Crippen LogP contribution in [-0.4, -0.2) is 39.4 Å². The van der Waals surface area contributed by atoms with Crippen molar-refractivity contribution in [2.75, 3.05) is 6.54 Å². The molecule has 134 valence electrons. The molecule has 10 nitrogen and oxygen atoms in total. The monoisotopic (exact) mass is 374 g/mol. The standard InChI is InChI=1S/C15H14N6O4S/c22-21(23)12-2-4-13(5-3-12)26(24,25)19-9-11-20-10-8-18-15(20)14-16-6-1-7-17-14/h1-8,10,19H,9,11H2. The summed E-state index contributed by atoms with van der Waals surface area (Å²) < 4.78 is 28.7. The van der Waals surface area contributed by atoms with Crippen LogP contribution in [0.3, 0.4) is 0 Å². The predicted octanol–water partition coefficient (Wildman–Crippen LogP) is 1.23. The fourth-order valence-electron chi connectivity index (χ4n) is 2.24. The molecule has 1 N–H and O–H groups in total. The fraction of sp³-hybridized carbons (Fsp3) is 0.133. The highest BCUT2D eigenvalue weighted by Gasteiger charge is 2.16. The second-order valence-electron chi connectivity index (χ2n) is 5.17. The van der Waals surface area contributed by atoms with Crippen molar-refractivity contribution in [2.45, 2.75) is 11.4 Å². The van der Waals surface area contributed by atoms with E-state index in [9.17, 15) is 18.5 Å². The Bertz CT molecular complexity index is 1000. The van der Waals surface area contributed by atoms with Crippen LogP contribution < -0.4 is 4.72 Å². The van der Waals surface area contributed by atoms with E-state index >= 15 is 0 Å². The van der Waals surface area contributed by atoms with Gasteiger partial charge >= 0.3 is 0 Å². The molecule has 0 fully saturated rings. The number of nitro groups is 1. The van der Waals surface area contributed by atoms with Crippen molar-refractivity contribution < 1.29 is 13.3 Å². The topological polar surface area (TPSA) is 133 Å². The summed E-state index contributed by atoms with van der Waals surface area (Å²) in [7, 11) is -3.77. The van der Waals surface area contributed by atoms with Gasteiger partial charge in [-0.2, -0.15) is 0 Å². The third kappa shape index (κ3) is 3.90. The Morgan fingerprint density at radius 1 is 1.08 bits per heavy atom. The Labute approximate surface area is 148 Å². The molecular formula is C15H14N6O4S. The number of aromatic nitrogens is 4. The lowest BCUT2D eigenvalue weighted by Gasteiger charge is -2.09. The number of sulfonamides is 1. The molecule has 3 aromatic rings. The molecular weight excluding hydrogens is 360 g/mol. The number of imidazole rings is 1. The molecule has 0 saturated heterocycles. The van der Waals surface area contributed by atoms with Gasteiger partial charge in [-0.15, -0.1) is 0 Å². The summed E-state index contributed by atoms with van der Waals surface area (Å²) in [6.45, 7) is 0.426. The van der Waals surface area contributed by atoms with Crippen molar-refractivity contribution >= 4 is 15.7 Å². The molecule has 0 spiro atoms. The summed E-state index contributed by atoms with van der Waals surface area (Å²) in [5.74, 6) is 0.968. The average Bonchev–Trinajstić information content (AvgIpc) is 3.11. The van der Waals surface area contributed by atoms with Crippen LogP contribution in [0.2, 0.25) is 0 Å². The Morgan fingerprint density at radius 2 is 1.77 bits per heavy atom. The Hall–Kier alpha value is -3.18. The van der Waals surface area contributed by atoms with Gasteiger partial charge in [0, 0.05) is 50.0 Å². The van der Waals surface area contributed by atoms with E-state index in [2.05, 4.69) is 19.7 Å². The Morgan fingerprint density at radius 3 is 2.42 bits per heavy atom. The van der Waals surface area contributed by atoms with E-state index in [0.717, 1.165) is 12.1 Å². The summed E-state index contributed by atoms with van der Waals surface area (Å²) in [5, 5.41) is 10.6. The normalized spacial score (nSPS) is 11.4. The average molecular weight is 374 g/mol. The van der Waals surface area contributed by atoms with Crippen molar-refractivity contribution in [3.8, 4) is 11.6 Å². The van der Waals surface area contributed by atoms with E-state index in [-0.39, 0.29) is 17.1 Å². The first-order chi connectivity index (χ1) is 12.5. The molecule has 0 unspecified atom stereocenters. The molecule has 0 radical (unpaired) electrons. The van der Waals surface area contributed by atoms with E-state index in [1.807, 2.05) is 0 Å². The van der Waals surface area contributed by atoms with Gasteiger partial charge in [0.15, 0.2) is 11.6 Å². The summed E-state index contributed by atoms with van der Waals surface area (Å²) >= 11 is 0. The summed E-state index contributed by atoms with van der Waals surface area (Å²) in [6.07, 6.45) is 6.47. The van der Waals surface area contributed by atoms with Crippen LogP contribution in [0.5, 0.6) is 0 Å². The molecule has 0 bridgehead atoms. The quantitative estimate of drug-likeness (QED) is 0.485. The van der Waals surface area contributed by atoms with Crippen LogP contribution in [-0.2, 0) is 16.6 Å². The Balaban J connectivity index is 1.66. The van der Waals surface area contributed by atoms with Crippen LogP contribution >= 0.6 is 0 Å². The van der Waals surface area contributed by atoms with Crippen LogP contribution in [0, 0.1) is 10.1 Å². The van der Waals surface area contributed by atoms with Crippen LogP contribution in [0.15, 0.2) is 60.0 Å². The molecule has 0 atom stereocenters. The number of non-ortho nitro benzene ring substituents is 1.